The summed E-state index contributed by atoms with van der Waals surface area (Å²) in [6.45, 7) is 1.53. The minimum atomic E-state index is 0.202. The fourth-order valence-corrected chi connectivity index (χ4v) is 4.46. The quantitative estimate of drug-likeness (QED) is 0.423. The van der Waals surface area contributed by atoms with Gasteiger partial charge in [0.05, 0.1) is 24.0 Å². The van der Waals surface area contributed by atoms with E-state index >= 15 is 0 Å². The fraction of sp³-hybridized carbons (Fsp3) is 0.273. The molecule has 0 radical (unpaired) electrons. The Morgan fingerprint density at radius 3 is 2.60 bits per heavy atom. The number of nitrogens with zero attached hydrogens (tertiary/aromatic N) is 6. The number of tetrazole rings is 1. The summed E-state index contributed by atoms with van der Waals surface area (Å²) in [4.78, 5) is 0. The molecule has 0 bridgehead atoms. The van der Waals surface area contributed by atoms with Crippen LogP contribution >= 0.6 is 11.8 Å². The van der Waals surface area contributed by atoms with Crippen LogP contribution in [0.5, 0.6) is 0 Å². The van der Waals surface area contributed by atoms with Crippen molar-refractivity contribution in [3.8, 4) is 16.9 Å². The van der Waals surface area contributed by atoms with Crippen molar-refractivity contribution in [3.63, 3.8) is 0 Å². The van der Waals surface area contributed by atoms with Gasteiger partial charge in [0.25, 0.3) is 0 Å². The first-order valence-electron chi connectivity index (χ1n) is 10.1. The van der Waals surface area contributed by atoms with Crippen LogP contribution in [-0.4, -0.2) is 42.7 Å². The molecule has 30 heavy (non-hydrogen) atoms. The smallest absolute Gasteiger partial charge is 0.209 e. The van der Waals surface area contributed by atoms with E-state index in [0.29, 0.717) is 6.54 Å². The van der Waals surface area contributed by atoms with Crippen LogP contribution in [0.3, 0.4) is 0 Å². The van der Waals surface area contributed by atoms with Crippen LogP contribution in [0.4, 0.5) is 0 Å². The van der Waals surface area contributed by atoms with Crippen molar-refractivity contribution >= 4 is 11.8 Å². The van der Waals surface area contributed by atoms with Crippen molar-refractivity contribution < 1.29 is 4.74 Å². The Hall–Kier alpha value is -2.97. The number of para-hydroxylation sites is 1. The highest BCUT2D eigenvalue weighted by molar-refractivity contribution is 7.98. The number of benzene rings is 2. The summed E-state index contributed by atoms with van der Waals surface area (Å²) in [5.41, 5.74) is 4.25. The van der Waals surface area contributed by atoms with E-state index in [0.717, 1.165) is 52.9 Å². The summed E-state index contributed by atoms with van der Waals surface area (Å²) >= 11 is 1.63. The van der Waals surface area contributed by atoms with Crippen molar-refractivity contribution in [1.82, 2.24) is 30.0 Å². The zero-order chi connectivity index (χ0) is 20.2. The fourth-order valence-electron chi connectivity index (χ4n) is 3.61. The Morgan fingerprint density at radius 1 is 1.03 bits per heavy atom. The number of aromatic nitrogens is 6. The highest BCUT2D eigenvalue weighted by atomic mass is 32.2. The highest BCUT2D eigenvalue weighted by Crippen LogP contribution is 2.29. The molecule has 152 valence electrons. The van der Waals surface area contributed by atoms with Crippen LogP contribution in [0.1, 0.15) is 18.4 Å². The van der Waals surface area contributed by atoms with E-state index in [4.69, 9.17) is 9.84 Å². The van der Waals surface area contributed by atoms with Crippen LogP contribution in [0, 0.1) is 0 Å². The van der Waals surface area contributed by atoms with E-state index in [1.54, 1.807) is 11.8 Å². The van der Waals surface area contributed by atoms with Gasteiger partial charge in [-0.15, -0.1) is 5.10 Å². The Balaban J connectivity index is 1.40. The second kappa shape index (κ2) is 8.81. The van der Waals surface area contributed by atoms with Gasteiger partial charge in [0, 0.05) is 29.7 Å². The maximum atomic E-state index is 5.73. The SMILES string of the molecule is c1ccc(-c2nn(-c3ccccc3)cc2CSc2nnnn2C[C@@H]2CCCO2)cc1. The second-order valence-corrected chi connectivity index (χ2v) is 8.16. The van der Waals surface area contributed by atoms with E-state index in [2.05, 4.69) is 46.0 Å². The van der Waals surface area contributed by atoms with Gasteiger partial charge in [-0.2, -0.15) is 5.10 Å². The second-order valence-electron chi connectivity index (χ2n) is 7.22. The van der Waals surface area contributed by atoms with Crippen molar-refractivity contribution in [2.75, 3.05) is 6.61 Å². The van der Waals surface area contributed by atoms with Gasteiger partial charge in [-0.1, -0.05) is 60.3 Å². The summed E-state index contributed by atoms with van der Waals surface area (Å²) in [5.74, 6) is 0.725. The first kappa shape index (κ1) is 19.0. The van der Waals surface area contributed by atoms with Crippen molar-refractivity contribution in [2.45, 2.75) is 36.4 Å². The monoisotopic (exact) mass is 418 g/mol. The summed E-state index contributed by atoms with van der Waals surface area (Å²) in [6, 6.07) is 20.4. The normalized spacial score (nSPS) is 16.2. The van der Waals surface area contributed by atoms with Crippen LogP contribution < -0.4 is 0 Å². The van der Waals surface area contributed by atoms with E-state index in [1.165, 1.54) is 0 Å². The lowest BCUT2D eigenvalue weighted by molar-refractivity contribution is 0.0912. The number of hydrogen-bond donors (Lipinski definition) is 0. The van der Waals surface area contributed by atoms with Crippen LogP contribution in [0.25, 0.3) is 16.9 Å². The minimum Gasteiger partial charge on any atom is -0.376 e. The Morgan fingerprint density at radius 2 is 1.83 bits per heavy atom. The summed E-state index contributed by atoms with van der Waals surface area (Å²) in [7, 11) is 0. The standard InChI is InChI=1S/C22H22N6OS/c1-3-8-17(9-4-1)21-18(14-27(24-21)19-10-5-2-6-11-19)16-30-22-23-25-26-28(22)15-20-12-7-13-29-20/h1-6,8-11,14,20H,7,12-13,15-16H2/t20-/m0/s1. The van der Waals surface area contributed by atoms with Crippen molar-refractivity contribution in [1.29, 1.82) is 0 Å². The maximum Gasteiger partial charge on any atom is 0.209 e. The lowest BCUT2D eigenvalue weighted by atomic mass is 10.1. The predicted octanol–water partition coefficient (Wildman–Crippen LogP) is 4.00. The third-order valence-electron chi connectivity index (χ3n) is 5.11. The van der Waals surface area contributed by atoms with Gasteiger partial charge in [-0.3, -0.25) is 0 Å². The topological polar surface area (TPSA) is 70.7 Å². The van der Waals surface area contributed by atoms with Crippen LogP contribution in [0.15, 0.2) is 72.0 Å². The van der Waals surface area contributed by atoms with Crippen molar-refractivity contribution in [2.24, 2.45) is 0 Å². The lowest BCUT2D eigenvalue weighted by Crippen LogP contribution is -2.16. The molecule has 4 aromatic rings. The minimum absolute atomic E-state index is 0.202. The Labute approximate surface area is 179 Å². The van der Waals surface area contributed by atoms with Gasteiger partial charge in [0.15, 0.2) is 0 Å². The molecule has 0 amide bonds. The average Bonchev–Trinajstić information content (AvgIpc) is 3.55. The molecule has 2 aromatic heterocycles. The number of thioether (sulfide) groups is 1. The number of rotatable bonds is 7. The Kier molecular flexibility index (Phi) is 5.58. The van der Waals surface area contributed by atoms with Crippen LogP contribution in [0.2, 0.25) is 0 Å². The molecule has 0 unspecified atom stereocenters. The highest BCUT2D eigenvalue weighted by Gasteiger charge is 2.20. The molecule has 0 aliphatic carbocycles. The number of hydrogen-bond acceptors (Lipinski definition) is 6. The van der Waals surface area contributed by atoms with Gasteiger partial charge in [0.1, 0.15) is 0 Å². The molecule has 0 N–H and O–H groups in total. The van der Waals surface area contributed by atoms with E-state index in [9.17, 15) is 0 Å². The molecule has 7 nitrogen and oxygen atoms in total. The maximum absolute atomic E-state index is 5.73. The lowest BCUT2D eigenvalue weighted by Gasteiger charge is -2.10. The summed E-state index contributed by atoms with van der Waals surface area (Å²) in [5, 5.41) is 17.9. The largest absolute Gasteiger partial charge is 0.376 e. The average molecular weight is 419 g/mol. The van der Waals surface area contributed by atoms with Crippen molar-refractivity contribution in [3.05, 3.63) is 72.4 Å². The van der Waals surface area contributed by atoms with E-state index < -0.39 is 0 Å². The predicted molar refractivity (Wildman–Crippen MR) is 115 cm³/mol. The third-order valence-corrected chi connectivity index (χ3v) is 6.12. The zero-order valence-electron chi connectivity index (χ0n) is 16.5. The molecule has 0 spiro atoms. The molecule has 5 rings (SSSR count). The molecule has 0 saturated carbocycles. The van der Waals surface area contributed by atoms with Gasteiger partial charge in [-0.25, -0.2) is 9.36 Å². The molecular formula is C22H22N6OS. The molecule has 1 aliphatic rings. The first-order chi connectivity index (χ1) is 14.9. The van der Waals surface area contributed by atoms with Gasteiger partial charge < -0.3 is 4.74 Å². The Bertz CT molecular complexity index is 1090. The van der Waals surface area contributed by atoms with Gasteiger partial charge >= 0.3 is 0 Å². The molecule has 1 fully saturated rings. The molecular weight excluding hydrogens is 396 g/mol. The molecule has 1 atom stereocenters. The summed E-state index contributed by atoms with van der Waals surface area (Å²) in [6.07, 6.45) is 4.47. The molecule has 8 heteroatoms. The van der Waals surface area contributed by atoms with Crippen LogP contribution in [-0.2, 0) is 17.0 Å². The zero-order valence-corrected chi connectivity index (χ0v) is 17.3. The third kappa shape index (κ3) is 4.15. The molecule has 1 saturated heterocycles. The molecule has 2 aromatic carbocycles. The van der Waals surface area contributed by atoms with Gasteiger partial charge in [-0.05, 0) is 35.4 Å². The van der Waals surface area contributed by atoms with Gasteiger partial charge in [0.2, 0.25) is 5.16 Å². The van der Waals surface area contributed by atoms with E-state index in [1.807, 2.05) is 45.8 Å². The number of ether oxygens (including phenoxy) is 1. The molecule has 1 aliphatic heterocycles. The summed E-state index contributed by atoms with van der Waals surface area (Å²) < 4.78 is 9.52. The molecule has 3 heterocycles. The first-order valence-corrected chi connectivity index (χ1v) is 11.1. The van der Waals surface area contributed by atoms with E-state index in [-0.39, 0.29) is 6.10 Å².